The van der Waals surface area contributed by atoms with Crippen LogP contribution in [0.25, 0.3) is 0 Å². The van der Waals surface area contributed by atoms with E-state index < -0.39 is 0 Å². The second-order valence-corrected chi connectivity index (χ2v) is 8.78. The van der Waals surface area contributed by atoms with Crippen molar-refractivity contribution in [2.75, 3.05) is 16.8 Å². The van der Waals surface area contributed by atoms with E-state index in [4.69, 9.17) is 4.74 Å². The highest BCUT2D eigenvalue weighted by Crippen LogP contribution is 2.53. The molecule has 0 saturated heterocycles. The van der Waals surface area contributed by atoms with Crippen LogP contribution in [0.15, 0.2) is 91.0 Å². The number of rotatable bonds is 1. The first-order valence-electron chi connectivity index (χ1n) is 10.7. The first-order chi connectivity index (χ1) is 15.1. The van der Waals surface area contributed by atoms with Gasteiger partial charge in [0.2, 0.25) is 0 Å². The molecule has 0 spiro atoms. The van der Waals surface area contributed by atoms with Crippen molar-refractivity contribution in [2.24, 2.45) is 0 Å². The van der Waals surface area contributed by atoms with Crippen LogP contribution in [0, 0.1) is 0 Å². The molecule has 0 atom stereocenters. The fraction of sp³-hybridized carbons (Fsp3) is 0.143. The van der Waals surface area contributed by atoms with Crippen LogP contribution in [-0.4, -0.2) is 7.05 Å². The van der Waals surface area contributed by atoms with E-state index in [0.717, 1.165) is 28.6 Å². The minimum atomic E-state index is -0.0975. The molecule has 3 nitrogen and oxygen atoms in total. The molecule has 4 aromatic carbocycles. The Bertz CT molecular complexity index is 1280. The molecular weight excluding hydrogens is 380 g/mol. The first-order valence-corrected chi connectivity index (χ1v) is 10.7. The topological polar surface area (TPSA) is 15.7 Å². The molecule has 0 unspecified atom stereocenters. The van der Waals surface area contributed by atoms with Gasteiger partial charge < -0.3 is 14.5 Å². The Morgan fingerprint density at radius 3 is 1.84 bits per heavy atom. The lowest BCUT2D eigenvalue weighted by atomic mass is 9.73. The summed E-state index contributed by atoms with van der Waals surface area (Å²) in [4.78, 5) is 4.62. The molecule has 0 aliphatic carbocycles. The lowest BCUT2D eigenvalue weighted by Crippen LogP contribution is -2.31. The maximum Gasteiger partial charge on any atom is 0.151 e. The van der Waals surface area contributed by atoms with Crippen molar-refractivity contribution in [1.82, 2.24) is 0 Å². The summed E-state index contributed by atoms with van der Waals surface area (Å²) < 4.78 is 6.20. The van der Waals surface area contributed by atoms with Crippen molar-refractivity contribution in [3.8, 4) is 11.5 Å². The van der Waals surface area contributed by atoms with E-state index in [-0.39, 0.29) is 5.41 Å². The number of benzene rings is 4. The van der Waals surface area contributed by atoms with Gasteiger partial charge in [-0.25, -0.2) is 0 Å². The average molecular weight is 405 g/mol. The maximum atomic E-state index is 6.20. The summed E-state index contributed by atoms with van der Waals surface area (Å²) in [5.74, 6) is 1.75. The molecule has 0 N–H and O–H groups in total. The van der Waals surface area contributed by atoms with Gasteiger partial charge in [-0.15, -0.1) is 0 Å². The number of hydrogen-bond donors (Lipinski definition) is 0. The van der Waals surface area contributed by atoms with Crippen LogP contribution in [-0.2, 0) is 5.41 Å². The lowest BCUT2D eigenvalue weighted by molar-refractivity contribution is 0.477. The standard InChI is InChI=1S/C28H24N2O/c1-28(2)20-10-4-5-11-22(20)29(3)23-17-16-19(18-21(23)28)30-24-12-6-8-14-26(24)31-27-15-9-7-13-25(27)30/h4-18H,1-3H3. The Morgan fingerprint density at radius 1 is 0.613 bits per heavy atom. The largest absolute Gasteiger partial charge is 0.453 e. The van der Waals surface area contributed by atoms with E-state index >= 15 is 0 Å². The van der Waals surface area contributed by atoms with Gasteiger partial charge in [-0.1, -0.05) is 56.3 Å². The minimum absolute atomic E-state index is 0.0975. The Labute approximate surface area is 183 Å². The van der Waals surface area contributed by atoms with Crippen LogP contribution in [0.5, 0.6) is 11.5 Å². The molecule has 152 valence electrons. The van der Waals surface area contributed by atoms with Crippen LogP contribution in [0.4, 0.5) is 28.4 Å². The fourth-order valence-electron chi connectivity index (χ4n) is 5.01. The number of fused-ring (bicyclic) bond motifs is 4. The smallest absolute Gasteiger partial charge is 0.151 e. The Kier molecular flexibility index (Phi) is 3.73. The number of hydrogen-bond acceptors (Lipinski definition) is 3. The molecule has 0 bridgehead atoms. The molecule has 0 fully saturated rings. The van der Waals surface area contributed by atoms with Crippen LogP contribution < -0.4 is 14.5 Å². The summed E-state index contributed by atoms with van der Waals surface area (Å²) in [6.07, 6.45) is 0. The van der Waals surface area contributed by atoms with Gasteiger partial charge in [0.15, 0.2) is 11.5 Å². The van der Waals surface area contributed by atoms with E-state index in [1.165, 1.54) is 22.5 Å². The number of nitrogens with zero attached hydrogens (tertiary/aromatic N) is 2. The molecule has 31 heavy (non-hydrogen) atoms. The molecule has 0 radical (unpaired) electrons. The maximum absolute atomic E-state index is 6.20. The fourth-order valence-corrected chi connectivity index (χ4v) is 5.01. The lowest BCUT2D eigenvalue weighted by Gasteiger charge is -2.41. The number of para-hydroxylation sites is 5. The predicted octanol–water partition coefficient (Wildman–Crippen LogP) is 7.67. The van der Waals surface area contributed by atoms with Gasteiger partial charge in [0.1, 0.15) is 0 Å². The van der Waals surface area contributed by atoms with Crippen molar-refractivity contribution in [1.29, 1.82) is 0 Å². The zero-order chi connectivity index (χ0) is 21.2. The molecule has 2 aliphatic heterocycles. The third-order valence-corrected chi connectivity index (χ3v) is 6.64. The predicted molar refractivity (Wildman–Crippen MR) is 128 cm³/mol. The summed E-state index contributed by atoms with van der Waals surface area (Å²) >= 11 is 0. The Morgan fingerprint density at radius 2 is 1.16 bits per heavy atom. The van der Waals surface area contributed by atoms with Gasteiger partial charge in [0, 0.05) is 29.5 Å². The van der Waals surface area contributed by atoms with Gasteiger partial charge in [-0.3, -0.25) is 0 Å². The van der Waals surface area contributed by atoms with Crippen molar-refractivity contribution in [3.63, 3.8) is 0 Å². The first kappa shape index (κ1) is 18.1. The summed E-state index contributed by atoms with van der Waals surface area (Å²) in [5, 5.41) is 0. The van der Waals surface area contributed by atoms with E-state index in [9.17, 15) is 0 Å². The Hall–Kier alpha value is -3.72. The zero-order valence-corrected chi connectivity index (χ0v) is 18.0. The van der Waals surface area contributed by atoms with Crippen LogP contribution >= 0.6 is 0 Å². The monoisotopic (exact) mass is 404 g/mol. The second-order valence-electron chi connectivity index (χ2n) is 8.78. The van der Waals surface area contributed by atoms with Crippen LogP contribution in [0.2, 0.25) is 0 Å². The minimum Gasteiger partial charge on any atom is -0.453 e. The highest BCUT2D eigenvalue weighted by molar-refractivity contribution is 5.88. The third-order valence-electron chi connectivity index (χ3n) is 6.64. The summed E-state index contributed by atoms with van der Waals surface area (Å²) in [5.41, 5.74) is 8.37. The van der Waals surface area contributed by atoms with E-state index in [1.807, 2.05) is 24.3 Å². The van der Waals surface area contributed by atoms with Crippen LogP contribution in [0.3, 0.4) is 0 Å². The van der Waals surface area contributed by atoms with Gasteiger partial charge >= 0.3 is 0 Å². The highest BCUT2D eigenvalue weighted by Gasteiger charge is 2.36. The van der Waals surface area contributed by atoms with Gasteiger partial charge in [0.25, 0.3) is 0 Å². The van der Waals surface area contributed by atoms with Crippen molar-refractivity contribution < 1.29 is 4.74 Å². The highest BCUT2D eigenvalue weighted by atomic mass is 16.5. The summed E-state index contributed by atoms with van der Waals surface area (Å²) in [6, 6.07) is 32.0. The van der Waals surface area contributed by atoms with Crippen LogP contribution in [0.1, 0.15) is 25.0 Å². The van der Waals surface area contributed by atoms with Gasteiger partial charge in [0.05, 0.1) is 11.4 Å². The second kappa shape index (κ2) is 6.39. The molecule has 0 aromatic heterocycles. The number of ether oxygens (including phenoxy) is 1. The molecule has 0 saturated carbocycles. The Balaban J connectivity index is 1.57. The van der Waals surface area contributed by atoms with E-state index in [2.05, 4.69) is 97.4 Å². The summed E-state index contributed by atoms with van der Waals surface area (Å²) in [7, 11) is 2.16. The summed E-state index contributed by atoms with van der Waals surface area (Å²) in [6.45, 7) is 4.64. The molecule has 6 rings (SSSR count). The normalized spacial score (nSPS) is 15.3. The van der Waals surface area contributed by atoms with Gasteiger partial charge in [-0.2, -0.15) is 0 Å². The molecular formula is C28H24N2O. The van der Waals surface area contributed by atoms with Crippen molar-refractivity contribution in [3.05, 3.63) is 102 Å². The molecule has 2 heterocycles. The molecule has 3 heteroatoms. The van der Waals surface area contributed by atoms with Gasteiger partial charge in [-0.05, 0) is 59.7 Å². The van der Waals surface area contributed by atoms with E-state index in [0.29, 0.717) is 0 Å². The third kappa shape index (κ3) is 2.53. The van der Waals surface area contributed by atoms with Crippen molar-refractivity contribution >= 4 is 28.4 Å². The SMILES string of the molecule is CN1c2ccccc2C(C)(C)c2cc(N3c4ccccc4Oc4ccccc43)ccc21. The van der Waals surface area contributed by atoms with E-state index in [1.54, 1.807) is 0 Å². The zero-order valence-electron chi connectivity index (χ0n) is 18.0. The average Bonchev–Trinajstić information content (AvgIpc) is 2.81. The molecule has 0 amide bonds. The van der Waals surface area contributed by atoms with Crippen molar-refractivity contribution in [2.45, 2.75) is 19.3 Å². The molecule has 4 aromatic rings. The quantitative estimate of drug-likeness (QED) is 0.285. The number of anilines is 5. The molecule has 2 aliphatic rings.